The lowest BCUT2D eigenvalue weighted by Gasteiger charge is -2.38. The van der Waals surface area contributed by atoms with Crippen LogP contribution >= 0.6 is 0 Å². The maximum Gasteiger partial charge on any atom is 0.238 e. The van der Waals surface area contributed by atoms with E-state index in [1.54, 1.807) is 12.1 Å². The SMILES string of the molecule is CCCCCCCCCCCCCC(=O)N(c1ccccc1)C1CCN(CCc2ccc(S(N)(=O)=O)cc2)CC1. The van der Waals surface area contributed by atoms with Crippen molar-refractivity contribution in [3.63, 3.8) is 0 Å². The quantitative estimate of drug-likeness (QED) is 0.195. The Morgan fingerprint density at radius 2 is 1.38 bits per heavy atom. The predicted molar refractivity (Wildman–Crippen MR) is 166 cm³/mol. The molecule has 1 fully saturated rings. The molecule has 222 valence electrons. The molecule has 6 nitrogen and oxygen atoms in total. The van der Waals surface area contributed by atoms with Gasteiger partial charge in [0.25, 0.3) is 0 Å². The van der Waals surface area contributed by atoms with Crippen molar-refractivity contribution in [3.05, 3.63) is 60.2 Å². The molecule has 3 rings (SSSR count). The molecule has 0 bridgehead atoms. The number of nitrogens with zero attached hydrogens (tertiary/aromatic N) is 2. The largest absolute Gasteiger partial charge is 0.309 e. The van der Waals surface area contributed by atoms with E-state index in [4.69, 9.17) is 5.14 Å². The van der Waals surface area contributed by atoms with Crippen LogP contribution in [0.4, 0.5) is 5.69 Å². The number of primary sulfonamides is 1. The monoisotopic (exact) mass is 569 g/mol. The molecule has 0 unspecified atom stereocenters. The summed E-state index contributed by atoms with van der Waals surface area (Å²) in [4.78, 5) is 18.1. The van der Waals surface area contributed by atoms with Crippen molar-refractivity contribution in [3.8, 4) is 0 Å². The summed E-state index contributed by atoms with van der Waals surface area (Å²) in [5.74, 6) is 0.260. The van der Waals surface area contributed by atoms with E-state index in [0.29, 0.717) is 6.42 Å². The molecule has 1 heterocycles. The number of carbonyl (C=O) groups excluding carboxylic acids is 1. The Kier molecular flexibility index (Phi) is 14.2. The van der Waals surface area contributed by atoms with Crippen molar-refractivity contribution in [2.24, 2.45) is 5.14 Å². The third kappa shape index (κ3) is 11.3. The molecule has 2 N–H and O–H groups in total. The van der Waals surface area contributed by atoms with Crippen LogP contribution in [0.5, 0.6) is 0 Å². The van der Waals surface area contributed by atoms with Crippen LogP contribution in [0, 0.1) is 0 Å². The lowest BCUT2D eigenvalue weighted by Crippen LogP contribution is -2.48. The summed E-state index contributed by atoms with van der Waals surface area (Å²) < 4.78 is 23.0. The Hall–Kier alpha value is -2.22. The number of amides is 1. The fraction of sp³-hybridized carbons (Fsp3) is 0.606. The highest BCUT2D eigenvalue weighted by Crippen LogP contribution is 2.26. The lowest BCUT2D eigenvalue weighted by molar-refractivity contribution is -0.119. The molecule has 7 heteroatoms. The summed E-state index contributed by atoms with van der Waals surface area (Å²) in [7, 11) is -3.66. The number of carbonyl (C=O) groups is 1. The molecule has 1 aliphatic heterocycles. The van der Waals surface area contributed by atoms with Crippen LogP contribution in [0.3, 0.4) is 0 Å². The van der Waals surface area contributed by atoms with E-state index >= 15 is 0 Å². The normalized spacial score (nSPS) is 14.8. The van der Waals surface area contributed by atoms with Crippen LogP contribution in [-0.2, 0) is 21.2 Å². The van der Waals surface area contributed by atoms with E-state index in [1.807, 2.05) is 30.3 Å². The first-order chi connectivity index (χ1) is 19.4. The second-order valence-electron chi connectivity index (χ2n) is 11.4. The predicted octanol–water partition coefficient (Wildman–Crippen LogP) is 7.08. The van der Waals surface area contributed by atoms with Gasteiger partial charge in [0.2, 0.25) is 15.9 Å². The number of likely N-dealkylation sites (tertiary alicyclic amines) is 1. The van der Waals surface area contributed by atoms with Crippen LogP contribution < -0.4 is 10.0 Å². The van der Waals surface area contributed by atoms with Gasteiger partial charge in [0.1, 0.15) is 0 Å². The fourth-order valence-corrected chi connectivity index (χ4v) is 6.26. The van der Waals surface area contributed by atoms with Gasteiger partial charge in [-0.25, -0.2) is 13.6 Å². The van der Waals surface area contributed by atoms with Gasteiger partial charge in [0.05, 0.1) is 4.90 Å². The maximum absolute atomic E-state index is 13.5. The second-order valence-corrected chi connectivity index (χ2v) is 13.0. The summed E-state index contributed by atoms with van der Waals surface area (Å²) in [5, 5.41) is 5.21. The van der Waals surface area contributed by atoms with E-state index in [0.717, 1.165) is 63.0 Å². The third-order valence-electron chi connectivity index (χ3n) is 8.19. The van der Waals surface area contributed by atoms with E-state index in [9.17, 15) is 13.2 Å². The van der Waals surface area contributed by atoms with Crippen molar-refractivity contribution in [1.82, 2.24) is 4.90 Å². The molecule has 0 aromatic heterocycles. The van der Waals surface area contributed by atoms with E-state index in [2.05, 4.69) is 28.9 Å². The van der Waals surface area contributed by atoms with E-state index in [-0.39, 0.29) is 16.8 Å². The molecule has 0 atom stereocenters. The van der Waals surface area contributed by atoms with Gasteiger partial charge < -0.3 is 9.80 Å². The highest BCUT2D eigenvalue weighted by atomic mass is 32.2. The minimum absolute atomic E-state index is 0.149. The Bertz CT molecular complexity index is 1080. The van der Waals surface area contributed by atoms with Crippen molar-refractivity contribution in [2.75, 3.05) is 24.5 Å². The van der Waals surface area contributed by atoms with Gasteiger partial charge >= 0.3 is 0 Å². The minimum Gasteiger partial charge on any atom is -0.309 e. The molecular formula is C33H51N3O3S. The van der Waals surface area contributed by atoms with E-state index < -0.39 is 10.0 Å². The molecule has 2 aromatic rings. The first-order valence-electron chi connectivity index (χ1n) is 15.6. The molecule has 1 saturated heterocycles. The summed E-state index contributed by atoms with van der Waals surface area (Å²) in [6, 6.07) is 17.3. The smallest absolute Gasteiger partial charge is 0.238 e. The van der Waals surface area contributed by atoms with Gasteiger partial charge in [-0.05, 0) is 55.5 Å². The maximum atomic E-state index is 13.5. The Morgan fingerprint density at radius 3 is 1.93 bits per heavy atom. The van der Waals surface area contributed by atoms with E-state index in [1.165, 1.54) is 57.8 Å². The number of sulfonamides is 1. The van der Waals surface area contributed by atoms with Crippen LogP contribution in [0.25, 0.3) is 0 Å². The van der Waals surface area contributed by atoms with Crippen LogP contribution in [0.1, 0.15) is 102 Å². The summed E-state index contributed by atoms with van der Waals surface area (Å²) >= 11 is 0. The van der Waals surface area contributed by atoms with Gasteiger partial charge in [0, 0.05) is 37.8 Å². The average molecular weight is 570 g/mol. The number of nitrogens with two attached hydrogens (primary N) is 1. The Balaban J connectivity index is 1.40. The molecule has 1 amide bonds. The number of hydrogen-bond acceptors (Lipinski definition) is 4. The number of benzene rings is 2. The van der Waals surface area contributed by atoms with Gasteiger partial charge in [-0.3, -0.25) is 4.79 Å². The highest BCUT2D eigenvalue weighted by Gasteiger charge is 2.28. The first kappa shape index (κ1) is 32.3. The summed E-state index contributed by atoms with van der Waals surface area (Å²) in [5.41, 5.74) is 2.12. The number of para-hydroxylation sites is 1. The van der Waals surface area contributed by atoms with Gasteiger partial charge in [0.15, 0.2) is 0 Å². The van der Waals surface area contributed by atoms with Crippen LogP contribution in [0.15, 0.2) is 59.5 Å². The van der Waals surface area contributed by atoms with Crippen LogP contribution in [-0.4, -0.2) is 44.9 Å². The van der Waals surface area contributed by atoms with Crippen molar-refractivity contribution < 1.29 is 13.2 Å². The lowest BCUT2D eigenvalue weighted by atomic mass is 10.00. The number of rotatable bonds is 18. The average Bonchev–Trinajstić information content (AvgIpc) is 2.96. The van der Waals surface area contributed by atoms with Crippen LogP contribution in [0.2, 0.25) is 0 Å². The summed E-state index contributed by atoms with van der Waals surface area (Å²) in [6.07, 6.45) is 17.5. The van der Waals surface area contributed by atoms with Crippen molar-refractivity contribution in [1.29, 1.82) is 0 Å². The number of unbranched alkanes of at least 4 members (excludes halogenated alkanes) is 10. The standard InChI is InChI=1S/C33H51N3O3S/c1-2-3-4-5-6-7-8-9-10-11-15-18-33(37)36(30-16-13-12-14-17-30)31-24-27-35(28-25-31)26-23-29-19-21-32(22-20-29)40(34,38)39/h12-14,16-17,19-22,31H,2-11,15,18,23-28H2,1H3,(H2,34,38,39). The first-order valence-corrected chi connectivity index (χ1v) is 17.1. The summed E-state index contributed by atoms with van der Waals surface area (Å²) in [6.45, 7) is 5.09. The topological polar surface area (TPSA) is 83.7 Å². The molecule has 0 spiro atoms. The molecule has 2 aromatic carbocycles. The van der Waals surface area contributed by atoms with Gasteiger partial charge in [-0.2, -0.15) is 0 Å². The second kappa shape index (κ2) is 17.6. The molecule has 0 aliphatic carbocycles. The zero-order chi connectivity index (χ0) is 28.6. The van der Waals surface area contributed by atoms with Gasteiger partial charge in [-0.1, -0.05) is 101 Å². The van der Waals surface area contributed by atoms with Gasteiger partial charge in [-0.15, -0.1) is 0 Å². The Morgan fingerprint density at radius 1 is 0.825 bits per heavy atom. The zero-order valence-corrected chi connectivity index (χ0v) is 25.4. The fourth-order valence-electron chi connectivity index (χ4n) is 5.74. The molecule has 40 heavy (non-hydrogen) atoms. The Labute approximate surface area is 243 Å². The number of hydrogen-bond donors (Lipinski definition) is 1. The van der Waals surface area contributed by atoms with Crippen molar-refractivity contribution >= 4 is 21.6 Å². The third-order valence-corrected chi connectivity index (χ3v) is 9.12. The molecule has 0 saturated carbocycles. The zero-order valence-electron chi connectivity index (χ0n) is 24.6. The molecule has 1 aliphatic rings. The molecular weight excluding hydrogens is 518 g/mol. The number of piperidine rings is 1. The highest BCUT2D eigenvalue weighted by molar-refractivity contribution is 7.89. The number of anilines is 1. The molecule has 0 radical (unpaired) electrons. The van der Waals surface area contributed by atoms with Crippen molar-refractivity contribution in [2.45, 2.75) is 114 Å². The minimum atomic E-state index is -3.66.